The van der Waals surface area contributed by atoms with Gasteiger partial charge < -0.3 is 10.4 Å². The van der Waals surface area contributed by atoms with Crippen LogP contribution >= 0.6 is 0 Å². The number of hydrogen-bond donors (Lipinski definition) is 2. The Labute approximate surface area is 83.7 Å². The van der Waals surface area contributed by atoms with E-state index in [1.54, 1.807) is 0 Å². The number of nitrogens with one attached hydrogen (secondary N) is 1. The van der Waals surface area contributed by atoms with Crippen molar-refractivity contribution < 1.29 is 13.9 Å². The molecule has 0 saturated heterocycles. The predicted molar refractivity (Wildman–Crippen MR) is 51.5 cm³/mol. The molecule has 0 heterocycles. The Hall–Kier alpha value is -0.220. The van der Waals surface area contributed by atoms with E-state index in [1.807, 2.05) is 0 Å². The monoisotopic (exact) mass is 207 g/mol. The quantitative estimate of drug-likeness (QED) is 0.736. The summed E-state index contributed by atoms with van der Waals surface area (Å²) >= 11 is 0. The first-order valence-corrected chi connectivity index (χ1v) is 5.22. The highest BCUT2D eigenvalue weighted by Crippen LogP contribution is 2.31. The minimum absolute atomic E-state index is 0.0376. The second-order valence-electron chi connectivity index (χ2n) is 4.41. The average molecular weight is 207 g/mol. The van der Waals surface area contributed by atoms with Crippen molar-refractivity contribution >= 4 is 0 Å². The molecule has 2 atom stereocenters. The van der Waals surface area contributed by atoms with Crippen LogP contribution in [0.2, 0.25) is 0 Å². The zero-order valence-electron chi connectivity index (χ0n) is 8.60. The van der Waals surface area contributed by atoms with Gasteiger partial charge in [0.1, 0.15) is 0 Å². The van der Waals surface area contributed by atoms with E-state index in [9.17, 15) is 13.9 Å². The lowest BCUT2D eigenvalue weighted by Gasteiger charge is -2.39. The molecule has 0 spiro atoms. The lowest BCUT2D eigenvalue weighted by molar-refractivity contribution is 0.0702. The average Bonchev–Trinajstić information content (AvgIpc) is 2.15. The summed E-state index contributed by atoms with van der Waals surface area (Å²) in [5.41, 5.74) is -0.450. The van der Waals surface area contributed by atoms with E-state index >= 15 is 0 Å². The molecule has 1 aliphatic carbocycles. The summed E-state index contributed by atoms with van der Waals surface area (Å²) in [6.45, 7) is 1.75. The van der Waals surface area contributed by atoms with Crippen LogP contribution in [0.25, 0.3) is 0 Å². The van der Waals surface area contributed by atoms with E-state index in [0.29, 0.717) is 5.92 Å². The SMILES string of the molecule is CC1CCCC(CO)(NCC(F)F)C1. The first kappa shape index (κ1) is 11.9. The van der Waals surface area contributed by atoms with Gasteiger partial charge in [-0.05, 0) is 18.8 Å². The van der Waals surface area contributed by atoms with Crippen molar-refractivity contribution in [1.29, 1.82) is 0 Å². The maximum Gasteiger partial charge on any atom is 0.250 e. The lowest BCUT2D eigenvalue weighted by atomic mass is 9.77. The molecule has 2 nitrogen and oxygen atoms in total. The minimum atomic E-state index is -2.34. The molecule has 0 bridgehead atoms. The van der Waals surface area contributed by atoms with E-state index < -0.39 is 12.0 Å². The summed E-state index contributed by atoms with van der Waals surface area (Å²) in [5.74, 6) is 0.515. The summed E-state index contributed by atoms with van der Waals surface area (Å²) in [4.78, 5) is 0. The second-order valence-corrected chi connectivity index (χ2v) is 4.41. The molecule has 0 radical (unpaired) electrons. The smallest absolute Gasteiger partial charge is 0.250 e. The van der Waals surface area contributed by atoms with Crippen molar-refractivity contribution in [3.8, 4) is 0 Å². The number of halogens is 2. The number of alkyl halides is 2. The van der Waals surface area contributed by atoms with Gasteiger partial charge in [0.25, 0.3) is 6.43 Å². The number of rotatable bonds is 4. The molecule has 4 heteroatoms. The molecule has 1 fully saturated rings. The first-order valence-electron chi connectivity index (χ1n) is 5.22. The summed E-state index contributed by atoms with van der Waals surface area (Å²) in [5, 5.41) is 12.1. The molecular formula is C10H19F2NO. The summed E-state index contributed by atoms with van der Waals surface area (Å²) in [6.07, 6.45) is 1.42. The summed E-state index contributed by atoms with van der Waals surface area (Å²) in [6, 6.07) is 0. The van der Waals surface area contributed by atoms with Crippen LogP contribution in [0.4, 0.5) is 8.78 Å². The molecule has 0 aromatic rings. The maximum absolute atomic E-state index is 12.0. The summed E-state index contributed by atoms with van der Waals surface area (Å²) < 4.78 is 24.1. The molecule has 2 unspecified atom stereocenters. The van der Waals surface area contributed by atoms with E-state index in [0.717, 1.165) is 25.7 Å². The molecule has 0 aromatic heterocycles. The molecular weight excluding hydrogens is 188 g/mol. The topological polar surface area (TPSA) is 32.3 Å². The van der Waals surface area contributed by atoms with Crippen LogP contribution in [-0.4, -0.2) is 30.2 Å². The van der Waals surface area contributed by atoms with Crippen LogP contribution in [0.5, 0.6) is 0 Å². The van der Waals surface area contributed by atoms with Gasteiger partial charge >= 0.3 is 0 Å². The Morgan fingerprint density at radius 1 is 1.57 bits per heavy atom. The highest BCUT2D eigenvalue weighted by molar-refractivity contribution is 4.92. The van der Waals surface area contributed by atoms with E-state index in [-0.39, 0.29) is 13.2 Å². The molecule has 0 aliphatic heterocycles. The van der Waals surface area contributed by atoms with Crippen LogP contribution in [0.15, 0.2) is 0 Å². The fraction of sp³-hybridized carbons (Fsp3) is 1.00. The van der Waals surface area contributed by atoms with Gasteiger partial charge in [-0.3, -0.25) is 0 Å². The zero-order chi connectivity index (χ0) is 10.6. The van der Waals surface area contributed by atoms with Crippen molar-refractivity contribution in [3.05, 3.63) is 0 Å². The van der Waals surface area contributed by atoms with Crippen molar-refractivity contribution in [2.45, 2.75) is 44.6 Å². The standard InChI is InChI=1S/C10H19F2NO/c1-8-3-2-4-10(5-8,7-14)13-6-9(11)12/h8-9,13-14H,2-7H2,1H3. The highest BCUT2D eigenvalue weighted by Gasteiger charge is 2.34. The van der Waals surface area contributed by atoms with Crippen LogP contribution < -0.4 is 5.32 Å². The molecule has 0 aromatic carbocycles. The van der Waals surface area contributed by atoms with Gasteiger partial charge in [-0.1, -0.05) is 19.8 Å². The molecule has 0 amide bonds. The maximum atomic E-state index is 12.0. The van der Waals surface area contributed by atoms with Crippen molar-refractivity contribution in [3.63, 3.8) is 0 Å². The molecule has 1 rings (SSSR count). The molecule has 2 N–H and O–H groups in total. The van der Waals surface area contributed by atoms with Gasteiger partial charge in [0.05, 0.1) is 13.2 Å². The lowest BCUT2D eigenvalue weighted by Crippen LogP contribution is -2.52. The van der Waals surface area contributed by atoms with Crippen LogP contribution in [0, 0.1) is 5.92 Å². The first-order chi connectivity index (χ1) is 6.58. The number of aliphatic hydroxyl groups is 1. The van der Waals surface area contributed by atoms with Gasteiger partial charge in [-0.2, -0.15) is 0 Å². The van der Waals surface area contributed by atoms with Gasteiger partial charge in [0, 0.05) is 5.54 Å². The van der Waals surface area contributed by atoms with Crippen LogP contribution in [-0.2, 0) is 0 Å². The Morgan fingerprint density at radius 3 is 2.79 bits per heavy atom. The third-order valence-corrected chi connectivity index (χ3v) is 3.03. The number of aliphatic hydroxyl groups excluding tert-OH is 1. The summed E-state index contributed by atoms with van der Waals surface area (Å²) in [7, 11) is 0. The molecule has 14 heavy (non-hydrogen) atoms. The normalized spacial score (nSPS) is 33.6. The molecule has 84 valence electrons. The molecule has 1 saturated carbocycles. The third kappa shape index (κ3) is 3.17. The number of hydrogen-bond acceptors (Lipinski definition) is 2. The minimum Gasteiger partial charge on any atom is -0.394 e. The predicted octanol–water partition coefficient (Wildman–Crippen LogP) is 1.78. The van der Waals surface area contributed by atoms with Crippen LogP contribution in [0.3, 0.4) is 0 Å². The van der Waals surface area contributed by atoms with E-state index in [1.165, 1.54) is 0 Å². The Morgan fingerprint density at radius 2 is 2.29 bits per heavy atom. The Balaban J connectivity index is 2.47. The van der Waals surface area contributed by atoms with Crippen molar-refractivity contribution in [2.75, 3.05) is 13.2 Å². The van der Waals surface area contributed by atoms with E-state index in [4.69, 9.17) is 0 Å². The van der Waals surface area contributed by atoms with Gasteiger partial charge in [-0.15, -0.1) is 0 Å². The zero-order valence-corrected chi connectivity index (χ0v) is 8.60. The van der Waals surface area contributed by atoms with E-state index in [2.05, 4.69) is 12.2 Å². The Bertz CT molecular complexity index is 178. The Kier molecular flexibility index (Phi) is 4.26. The largest absolute Gasteiger partial charge is 0.394 e. The third-order valence-electron chi connectivity index (χ3n) is 3.03. The van der Waals surface area contributed by atoms with Crippen molar-refractivity contribution in [1.82, 2.24) is 5.32 Å². The van der Waals surface area contributed by atoms with Crippen LogP contribution in [0.1, 0.15) is 32.6 Å². The highest BCUT2D eigenvalue weighted by atomic mass is 19.3. The fourth-order valence-electron chi connectivity index (χ4n) is 2.31. The van der Waals surface area contributed by atoms with Gasteiger partial charge in [-0.25, -0.2) is 8.78 Å². The molecule has 1 aliphatic rings. The fourth-order valence-corrected chi connectivity index (χ4v) is 2.31. The van der Waals surface area contributed by atoms with Gasteiger partial charge in [0.15, 0.2) is 0 Å². The second kappa shape index (κ2) is 5.03. The van der Waals surface area contributed by atoms with Crippen molar-refractivity contribution in [2.24, 2.45) is 5.92 Å². The van der Waals surface area contributed by atoms with Gasteiger partial charge in [0.2, 0.25) is 0 Å².